The molecular formula is C12H26O. The predicted molar refractivity (Wildman–Crippen MR) is 58.6 cm³/mol. The fourth-order valence-corrected chi connectivity index (χ4v) is 2.87. The summed E-state index contributed by atoms with van der Waals surface area (Å²) in [6.45, 7) is 14.5. The summed E-state index contributed by atoms with van der Waals surface area (Å²) in [5.74, 6) is 5.45. The van der Waals surface area contributed by atoms with Crippen LogP contribution in [0.3, 0.4) is 0 Å². The topological polar surface area (TPSA) is 31.5 Å². The predicted octanol–water partition coefficient (Wildman–Crippen LogP) is 2.99. The second kappa shape index (κ2) is 4.45. The molecule has 1 fully saturated rings. The lowest BCUT2D eigenvalue weighted by Crippen LogP contribution is -2.39. The van der Waals surface area contributed by atoms with E-state index in [0.29, 0.717) is 0 Å². The third-order valence-electron chi connectivity index (χ3n) is 4.98. The van der Waals surface area contributed by atoms with Crippen LogP contribution >= 0.6 is 0 Å². The van der Waals surface area contributed by atoms with Crippen molar-refractivity contribution < 1.29 is 5.48 Å². The fourth-order valence-electron chi connectivity index (χ4n) is 2.87. The lowest BCUT2D eigenvalue weighted by Gasteiger charge is -2.45. The Labute approximate surface area is 83.2 Å². The third-order valence-corrected chi connectivity index (χ3v) is 4.98. The van der Waals surface area contributed by atoms with E-state index < -0.39 is 0 Å². The molecule has 1 saturated carbocycles. The van der Waals surface area contributed by atoms with Gasteiger partial charge in [0, 0.05) is 0 Å². The zero-order valence-corrected chi connectivity index (χ0v) is 9.96. The highest BCUT2D eigenvalue weighted by Gasteiger charge is 2.38. The standard InChI is InChI=1S/C12H24.H2O/c1-7-8(2)10(4)12(6)11(5)9(7)3;/h7-12H,1-6H3;1H2. The Morgan fingerprint density at radius 3 is 0.538 bits per heavy atom. The van der Waals surface area contributed by atoms with Crippen LogP contribution in [0, 0.1) is 35.5 Å². The minimum atomic E-state index is 0. The van der Waals surface area contributed by atoms with Crippen molar-refractivity contribution in [2.75, 3.05) is 0 Å². The maximum absolute atomic E-state index is 2.42. The summed E-state index contributed by atoms with van der Waals surface area (Å²) in [7, 11) is 0. The van der Waals surface area contributed by atoms with Crippen LogP contribution in [0.5, 0.6) is 0 Å². The summed E-state index contributed by atoms with van der Waals surface area (Å²) in [5, 5.41) is 0. The number of hydrogen-bond donors (Lipinski definition) is 0. The van der Waals surface area contributed by atoms with Gasteiger partial charge in [-0.3, -0.25) is 0 Å². The van der Waals surface area contributed by atoms with Gasteiger partial charge in [0.15, 0.2) is 0 Å². The molecule has 0 spiro atoms. The van der Waals surface area contributed by atoms with Crippen molar-refractivity contribution in [3.8, 4) is 0 Å². The Morgan fingerprint density at radius 2 is 0.462 bits per heavy atom. The molecule has 1 aliphatic carbocycles. The SMILES string of the molecule is CC1C(C)C(C)C(C)C(C)C1C.O. The van der Waals surface area contributed by atoms with Crippen molar-refractivity contribution in [1.29, 1.82) is 0 Å². The number of rotatable bonds is 0. The minimum Gasteiger partial charge on any atom is -0.412 e. The Kier molecular flexibility index (Phi) is 4.44. The van der Waals surface area contributed by atoms with Gasteiger partial charge in [-0.2, -0.15) is 0 Å². The lowest BCUT2D eigenvalue weighted by molar-refractivity contribution is 0.0302. The van der Waals surface area contributed by atoms with E-state index in [9.17, 15) is 0 Å². The molecule has 0 atom stereocenters. The quantitative estimate of drug-likeness (QED) is 0.557. The fraction of sp³-hybridized carbons (Fsp3) is 1.00. The van der Waals surface area contributed by atoms with E-state index in [4.69, 9.17) is 0 Å². The Morgan fingerprint density at radius 1 is 0.385 bits per heavy atom. The second-order valence-corrected chi connectivity index (χ2v) is 5.15. The molecule has 13 heavy (non-hydrogen) atoms. The maximum atomic E-state index is 2.42. The van der Waals surface area contributed by atoms with Crippen molar-refractivity contribution in [3.63, 3.8) is 0 Å². The van der Waals surface area contributed by atoms with Crippen molar-refractivity contribution in [2.24, 2.45) is 35.5 Å². The molecule has 0 unspecified atom stereocenters. The summed E-state index contributed by atoms with van der Waals surface area (Å²) in [6.07, 6.45) is 0. The minimum absolute atomic E-state index is 0. The second-order valence-electron chi connectivity index (χ2n) is 5.15. The molecule has 0 heterocycles. The van der Waals surface area contributed by atoms with Crippen LogP contribution in [0.15, 0.2) is 0 Å². The monoisotopic (exact) mass is 186 g/mol. The van der Waals surface area contributed by atoms with Crippen LogP contribution in [0.25, 0.3) is 0 Å². The van der Waals surface area contributed by atoms with Crippen molar-refractivity contribution in [1.82, 2.24) is 0 Å². The molecule has 80 valence electrons. The summed E-state index contributed by atoms with van der Waals surface area (Å²) < 4.78 is 0. The van der Waals surface area contributed by atoms with E-state index in [1.165, 1.54) is 0 Å². The zero-order valence-electron chi connectivity index (χ0n) is 9.96. The molecule has 0 aliphatic heterocycles. The van der Waals surface area contributed by atoms with Gasteiger partial charge < -0.3 is 5.48 Å². The molecule has 1 rings (SSSR count). The molecule has 1 heteroatoms. The van der Waals surface area contributed by atoms with Gasteiger partial charge in [0.1, 0.15) is 0 Å². The molecule has 1 aliphatic rings. The molecule has 0 radical (unpaired) electrons. The molecule has 0 aromatic rings. The van der Waals surface area contributed by atoms with E-state index in [2.05, 4.69) is 41.5 Å². The van der Waals surface area contributed by atoms with Crippen molar-refractivity contribution >= 4 is 0 Å². The van der Waals surface area contributed by atoms with Crippen LogP contribution in [-0.2, 0) is 0 Å². The van der Waals surface area contributed by atoms with Gasteiger partial charge in [-0.1, -0.05) is 41.5 Å². The molecule has 0 aromatic heterocycles. The van der Waals surface area contributed by atoms with Crippen LogP contribution < -0.4 is 0 Å². The first-order valence-corrected chi connectivity index (χ1v) is 5.46. The Hall–Kier alpha value is -0.0400. The summed E-state index contributed by atoms with van der Waals surface area (Å²) in [6, 6.07) is 0. The lowest BCUT2D eigenvalue weighted by atomic mass is 9.60. The summed E-state index contributed by atoms with van der Waals surface area (Å²) in [4.78, 5) is 0. The van der Waals surface area contributed by atoms with Gasteiger partial charge in [0.05, 0.1) is 0 Å². The van der Waals surface area contributed by atoms with Gasteiger partial charge >= 0.3 is 0 Å². The highest BCUT2D eigenvalue weighted by molar-refractivity contribution is 4.86. The molecule has 0 amide bonds. The normalized spacial score (nSPS) is 51.2. The zero-order chi connectivity index (χ0) is 9.46. The van der Waals surface area contributed by atoms with Crippen LogP contribution in [0.1, 0.15) is 41.5 Å². The van der Waals surface area contributed by atoms with Crippen LogP contribution in [0.2, 0.25) is 0 Å². The van der Waals surface area contributed by atoms with E-state index in [1.807, 2.05) is 0 Å². The van der Waals surface area contributed by atoms with Gasteiger partial charge in [-0.25, -0.2) is 0 Å². The molecule has 1 nitrogen and oxygen atoms in total. The van der Waals surface area contributed by atoms with Crippen LogP contribution in [-0.4, -0.2) is 5.48 Å². The molecule has 0 aromatic carbocycles. The molecule has 0 saturated heterocycles. The first-order valence-electron chi connectivity index (χ1n) is 5.46. The summed E-state index contributed by atoms with van der Waals surface area (Å²) >= 11 is 0. The van der Waals surface area contributed by atoms with E-state index in [1.54, 1.807) is 0 Å². The van der Waals surface area contributed by atoms with Gasteiger partial charge in [-0.15, -0.1) is 0 Å². The molecule has 0 bridgehead atoms. The number of hydrogen-bond acceptors (Lipinski definition) is 0. The maximum Gasteiger partial charge on any atom is -0.0386 e. The largest absolute Gasteiger partial charge is 0.412 e. The first-order chi connectivity index (χ1) is 5.46. The Bertz CT molecular complexity index is 96.7. The van der Waals surface area contributed by atoms with Gasteiger partial charge in [0.25, 0.3) is 0 Å². The van der Waals surface area contributed by atoms with E-state index >= 15 is 0 Å². The van der Waals surface area contributed by atoms with E-state index in [-0.39, 0.29) is 5.48 Å². The third kappa shape index (κ3) is 2.07. The van der Waals surface area contributed by atoms with Gasteiger partial charge in [0.2, 0.25) is 0 Å². The molecular weight excluding hydrogens is 160 g/mol. The first kappa shape index (κ1) is 13.0. The van der Waals surface area contributed by atoms with E-state index in [0.717, 1.165) is 35.5 Å². The molecule has 2 N–H and O–H groups in total. The average molecular weight is 186 g/mol. The van der Waals surface area contributed by atoms with Crippen LogP contribution in [0.4, 0.5) is 0 Å². The average Bonchev–Trinajstić information content (AvgIpc) is 2.08. The summed E-state index contributed by atoms with van der Waals surface area (Å²) in [5.41, 5.74) is 0. The van der Waals surface area contributed by atoms with Crippen molar-refractivity contribution in [2.45, 2.75) is 41.5 Å². The highest BCUT2D eigenvalue weighted by Crippen LogP contribution is 2.44. The van der Waals surface area contributed by atoms with Gasteiger partial charge in [-0.05, 0) is 35.5 Å². The highest BCUT2D eigenvalue weighted by atomic mass is 16.0. The Balaban J connectivity index is 0.00000144. The smallest absolute Gasteiger partial charge is 0.0386 e. The van der Waals surface area contributed by atoms with Crippen molar-refractivity contribution in [3.05, 3.63) is 0 Å².